The summed E-state index contributed by atoms with van der Waals surface area (Å²) >= 11 is 0. The molecule has 6 nitrogen and oxygen atoms in total. The molecule has 2 aromatic rings. The summed E-state index contributed by atoms with van der Waals surface area (Å²) in [5.74, 6) is -2.65. The van der Waals surface area contributed by atoms with Gasteiger partial charge in [-0.25, -0.2) is 8.42 Å². The average Bonchev–Trinajstić information content (AvgIpc) is 3.58. The van der Waals surface area contributed by atoms with Crippen molar-refractivity contribution in [3.05, 3.63) is 64.7 Å². The number of rotatable bonds is 6. The number of halogens is 6. The van der Waals surface area contributed by atoms with E-state index >= 15 is 0 Å². The Morgan fingerprint density at radius 1 is 1.00 bits per heavy atom. The molecule has 1 unspecified atom stereocenters. The first-order chi connectivity index (χ1) is 15.6. The fraction of sp³-hybridized carbons (Fsp3) is 0.333. The molecule has 1 amide bonds. The molecule has 0 saturated heterocycles. The molecule has 0 aliphatic heterocycles. The number of carbonyl (C=O) groups is 1. The van der Waals surface area contributed by atoms with Gasteiger partial charge in [-0.05, 0) is 48.7 Å². The first-order valence-corrected chi connectivity index (χ1v) is 11.3. The number of hydrogen-bond donors (Lipinski definition) is 2. The van der Waals surface area contributed by atoms with Gasteiger partial charge in [0.05, 0.1) is 33.8 Å². The Labute approximate surface area is 189 Å². The van der Waals surface area contributed by atoms with Crippen molar-refractivity contribution in [1.29, 1.82) is 5.26 Å². The van der Waals surface area contributed by atoms with Crippen LogP contribution in [-0.4, -0.2) is 30.4 Å². The van der Waals surface area contributed by atoms with E-state index in [-0.39, 0.29) is 12.8 Å². The SMILES string of the molecule is N#Cc1ccc(NC(=O)C(O)(CS(=O)(=O)C2CC2)c2ccc(C(F)(F)F)cc2)cc1C(F)(F)F. The number of nitrogens with one attached hydrogen (secondary N) is 1. The van der Waals surface area contributed by atoms with Crippen molar-refractivity contribution < 1.29 is 44.7 Å². The van der Waals surface area contributed by atoms with Crippen LogP contribution < -0.4 is 5.32 Å². The van der Waals surface area contributed by atoms with Gasteiger partial charge in [0.1, 0.15) is 0 Å². The molecule has 0 heterocycles. The molecule has 0 spiro atoms. The van der Waals surface area contributed by atoms with Gasteiger partial charge < -0.3 is 10.4 Å². The molecule has 0 aromatic heterocycles. The number of hydrogen-bond acceptors (Lipinski definition) is 5. The molecule has 1 aliphatic rings. The van der Waals surface area contributed by atoms with Crippen LogP contribution in [0.2, 0.25) is 0 Å². The summed E-state index contributed by atoms with van der Waals surface area (Å²) in [5.41, 5.74) is -7.14. The molecule has 13 heteroatoms. The zero-order chi connectivity index (χ0) is 25.5. The van der Waals surface area contributed by atoms with E-state index in [2.05, 4.69) is 0 Å². The summed E-state index contributed by atoms with van der Waals surface area (Å²) in [5, 5.41) is 21.1. The van der Waals surface area contributed by atoms with E-state index in [4.69, 9.17) is 5.26 Å². The highest BCUT2D eigenvalue weighted by Crippen LogP contribution is 2.37. The van der Waals surface area contributed by atoms with Crippen molar-refractivity contribution in [3.8, 4) is 6.07 Å². The maximum Gasteiger partial charge on any atom is 0.417 e. The van der Waals surface area contributed by atoms with Crippen LogP contribution in [0.1, 0.15) is 35.1 Å². The van der Waals surface area contributed by atoms with Crippen molar-refractivity contribution in [2.24, 2.45) is 0 Å². The maximum atomic E-state index is 13.2. The molecule has 1 aliphatic carbocycles. The second kappa shape index (κ2) is 8.59. The number of nitriles is 1. The molecule has 1 saturated carbocycles. The number of amides is 1. The lowest BCUT2D eigenvalue weighted by Crippen LogP contribution is -2.46. The van der Waals surface area contributed by atoms with E-state index < -0.39 is 72.6 Å². The normalized spacial score (nSPS) is 16.4. The molecule has 1 fully saturated rings. The van der Waals surface area contributed by atoms with Crippen LogP contribution in [-0.2, 0) is 32.6 Å². The molecule has 2 aromatic carbocycles. The van der Waals surface area contributed by atoms with Gasteiger partial charge in [0.2, 0.25) is 0 Å². The molecule has 1 atom stereocenters. The monoisotopic (exact) mass is 506 g/mol. The van der Waals surface area contributed by atoms with Crippen LogP contribution >= 0.6 is 0 Å². The molecule has 0 bridgehead atoms. The number of aliphatic hydroxyl groups is 1. The van der Waals surface area contributed by atoms with Crippen molar-refractivity contribution >= 4 is 21.4 Å². The first kappa shape index (κ1) is 25.5. The highest BCUT2D eigenvalue weighted by molar-refractivity contribution is 7.92. The lowest BCUT2D eigenvalue weighted by Gasteiger charge is -2.28. The summed E-state index contributed by atoms with van der Waals surface area (Å²) in [6.45, 7) is 0. The van der Waals surface area contributed by atoms with E-state index in [0.717, 1.165) is 24.3 Å². The van der Waals surface area contributed by atoms with Crippen molar-refractivity contribution in [2.75, 3.05) is 11.1 Å². The van der Waals surface area contributed by atoms with Crippen LogP contribution in [0.15, 0.2) is 42.5 Å². The van der Waals surface area contributed by atoms with Gasteiger partial charge >= 0.3 is 12.4 Å². The molecule has 0 radical (unpaired) electrons. The Kier molecular flexibility index (Phi) is 6.45. The predicted octanol–water partition coefficient (Wildman–Crippen LogP) is 4.00. The van der Waals surface area contributed by atoms with Crippen LogP contribution in [0.25, 0.3) is 0 Å². The standard InChI is InChI=1S/C21H16F6N2O4S/c22-20(23,24)14-4-2-13(3-5-14)19(31,11-34(32,33)16-7-8-16)18(30)29-15-6-1-12(10-28)17(9-15)21(25,26)27/h1-6,9,16,31H,7-8,11H2,(H,29,30). The summed E-state index contributed by atoms with van der Waals surface area (Å²) in [7, 11) is -4.07. The lowest BCUT2D eigenvalue weighted by atomic mass is 9.93. The Bertz CT molecular complexity index is 1250. The van der Waals surface area contributed by atoms with Gasteiger partial charge in [0.15, 0.2) is 15.4 Å². The van der Waals surface area contributed by atoms with Gasteiger partial charge in [-0.2, -0.15) is 31.6 Å². The van der Waals surface area contributed by atoms with Crippen LogP contribution in [0, 0.1) is 11.3 Å². The minimum absolute atomic E-state index is 0.275. The number of alkyl halides is 6. The fourth-order valence-corrected chi connectivity index (χ4v) is 5.21. The quantitative estimate of drug-likeness (QED) is 0.576. The van der Waals surface area contributed by atoms with E-state index in [1.807, 2.05) is 5.32 Å². The first-order valence-electron chi connectivity index (χ1n) is 9.62. The lowest BCUT2D eigenvalue weighted by molar-refractivity contribution is -0.138. The minimum Gasteiger partial charge on any atom is -0.374 e. The molecular weight excluding hydrogens is 490 g/mol. The van der Waals surface area contributed by atoms with E-state index in [9.17, 15) is 44.7 Å². The third kappa shape index (κ3) is 5.34. The maximum absolute atomic E-state index is 13.2. The number of benzene rings is 2. The number of sulfone groups is 1. The summed E-state index contributed by atoms with van der Waals surface area (Å²) in [6, 6.07) is 6.03. The largest absolute Gasteiger partial charge is 0.417 e. The summed E-state index contributed by atoms with van der Waals surface area (Å²) in [4.78, 5) is 13.0. The minimum atomic E-state index is -4.95. The average molecular weight is 506 g/mol. The summed E-state index contributed by atoms with van der Waals surface area (Å²) < 4.78 is 103. The van der Waals surface area contributed by atoms with Crippen molar-refractivity contribution in [2.45, 2.75) is 36.0 Å². The van der Waals surface area contributed by atoms with Crippen molar-refractivity contribution in [1.82, 2.24) is 0 Å². The molecule has 182 valence electrons. The van der Waals surface area contributed by atoms with E-state index in [1.165, 1.54) is 6.07 Å². The van der Waals surface area contributed by atoms with E-state index in [1.54, 1.807) is 0 Å². The third-order valence-electron chi connectivity index (χ3n) is 5.21. The Hall–Kier alpha value is -3.11. The van der Waals surface area contributed by atoms with Gasteiger partial charge in [-0.3, -0.25) is 4.79 Å². The zero-order valence-electron chi connectivity index (χ0n) is 17.0. The third-order valence-corrected chi connectivity index (χ3v) is 7.52. The second-order valence-electron chi connectivity index (χ2n) is 7.77. The highest BCUT2D eigenvalue weighted by Gasteiger charge is 2.48. The highest BCUT2D eigenvalue weighted by atomic mass is 32.2. The van der Waals surface area contributed by atoms with Crippen LogP contribution in [0.5, 0.6) is 0 Å². The van der Waals surface area contributed by atoms with E-state index in [0.29, 0.717) is 18.2 Å². The van der Waals surface area contributed by atoms with Crippen LogP contribution in [0.3, 0.4) is 0 Å². The van der Waals surface area contributed by atoms with Gasteiger partial charge in [0.25, 0.3) is 5.91 Å². The Morgan fingerprint density at radius 3 is 2.03 bits per heavy atom. The molecule has 2 N–H and O–H groups in total. The predicted molar refractivity (Wildman–Crippen MR) is 107 cm³/mol. The van der Waals surface area contributed by atoms with Gasteiger partial charge in [0, 0.05) is 5.69 Å². The second-order valence-corrected chi connectivity index (χ2v) is 10.0. The van der Waals surface area contributed by atoms with Crippen LogP contribution in [0.4, 0.5) is 32.0 Å². The smallest absolute Gasteiger partial charge is 0.374 e. The number of anilines is 1. The summed E-state index contributed by atoms with van der Waals surface area (Å²) in [6.07, 6.45) is -9.14. The van der Waals surface area contributed by atoms with Gasteiger partial charge in [-0.15, -0.1) is 0 Å². The number of nitrogens with zero attached hydrogens (tertiary/aromatic N) is 1. The topological polar surface area (TPSA) is 107 Å². The fourth-order valence-electron chi connectivity index (χ4n) is 3.24. The molecule has 34 heavy (non-hydrogen) atoms. The molecule has 3 rings (SSSR count). The van der Waals surface area contributed by atoms with Crippen molar-refractivity contribution in [3.63, 3.8) is 0 Å². The Balaban J connectivity index is 2.01. The van der Waals surface area contributed by atoms with Gasteiger partial charge in [-0.1, -0.05) is 12.1 Å². The Morgan fingerprint density at radius 2 is 1.56 bits per heavy atom. The molecular formula is C21H16F6N2O4S. The zero-order valence-corrected chi connectivity index (χ0v) is 17.9. The number of carbonyl (C=O) groups excluding carboxylic acids is 1.